The molecule has 0 amide bonds. The standard InChI is InChI=1S/C74H48N6/c1-5-19-47(20-6-1)51-27-15-31-57(41-51)71-75-69(49-23-9-3-10-24-49)77-73(79-71)59-33-17-29-53(43-59)55-37-39-63-65(45-55)67-61-35-13-14-36-62(61)68(63)66-46-56(38-40-64(66)67)54-30-18-34-60(44-54)74-78-70(50-25-11-4-12-26-50)76-72(80-74)58-32-16-28-52(42-58)48-21-7-2-8-22-48/h1-46,67-68H. The number of benzene rings is 11. The Labute approximate surface area is 464 Å². The summed E-state index contributed by atoms with van der Waals surface area (Å²) in [7, 11) is 0. The Morgan fingerprint density at radius 2 is 0.375 bits per heavy atom. The number of hydrogen-bond acceptors (Lipinski definition) is 6. The maximum absolute atomic E-state index is 5.18. The smallest absolute Gasteiger partial charge is 0.164 e. The van der Waals surface area contributed by atoms with E-state index in [-0.39, 0.29) is 11.8 Å². The van der Waals surface area contributed by atoms with Gasteiger partial charge in [0, 0.05) is 45.2 Å². The van der Waals surface area contributed by atoms with Gasteiger partial charge in [-0.25, -0.2) is 29.9 Å². The third kappa shape index (κ3) is 8.56. The maximum atomic E-state index is 5.18. The Bertz CT molecular complexity index is 4200. The Morgan fingerprint density at radius 3 is 0.700 bits per heavy atom. The largest absolute Gasteiger partial charge is 0.208 e. The quantitative estimate of drug-likeness (QED) is 0.136. The van der Waals surface area contributed by atoms with E-state index in [1.165, 1.54) is 33.4 Å². The minimum absolute atomic E-state index is 0.0799. The lowest BCUT2D eigenvalue weighted by atomic mass is 9.60. The molecule has 0 spiro atoms. The fraction of sp³-hybridized carbons (Fsp3) is 0.0270. The fourth-order valence-electron chi connectivity index (χ4n) is 11.9. The van der Waals surface area contributed by atoms with E-state index in [2.05, 4.69) is 231 Å². The molecule has 2 aromatic heterocycles. The molecule has 0 saturated carbocycles. The van der Waals surface area contributed by atoms with E-state index in [1.54, 1.807) is 0 Å². The lowest BCUT2D eigenvalue weighted by Crippen LogP contribution is -2.27. The lowest BCUT2D eigenvalue weighted by molar-refractivity contribution is 0.755. The summed E-state index contributed by atoms with van der Waals surface area (Å²) in [4.78, 5) is 30.7. The van der Waals surface area contributed by atoms with E-state index < -0.39 is 0 Å². The van der Waals surface area contributed by atoms with Crippen molar-refractivity contribution in [1.82, 2.24) is 29.9 Å². The highest BCUT2D eigenvalue weighted by molar-refractivity contribution is 5.80. The van der Waals surface area contributed by atoms with Crippen molar-refractivity contribution in [1.29, 1.82) is 0 Å². The van der Waals surface area contributed by atoms with Gasteiger partial charge < -0.3 is 0 Å². The molecule has 3 aliphatic rings. The molecule has 0 saturated heterocycles. The molecule has 3 aliphatic carbocycles. The molecule has 80 heavy (non-hydrogen) atoms. The lowest BCUT2D eigenvalue weighted by Gasteiger charge is -2.42. The van der Waals surface area contributed by atoms with Gasteiger partial charge in [0.2, 0.25) is 0 Å². The molecule has 374 valence electrons. The number of nitrogens with zero attached hydrogens (tertiary/aromatic N) is 6. The summed E-state index contributed by atoms with van der Waals surface area (Å²) in [5.41, 5.74) is 22.7. The zero-order valence-corrected chi connectivity index (χ0v) is 43.4. The van der Waals surface area contributed by atoms with Crippen LogP contribution in [0.5, 0.6) is 0 Å². The zero-order valence-electron chi connectivity index (χ0n) is 43.4. The van der Waals surface area contributed by atoms with Crippen molar-refractivity contribution in [3.63, 3.8) is 0 Å². The van der Waals surface area contributed by atoms with Gasteiger partial charge in [0.15, 0.2) is 34.9 Å². The second-order valence-corrected chi connectivity index (χ2v) is 20.6. The molecule has 13 aromatic rings. The number of hydrogen-bond donors (Lipinski definition) is 0. The average Bonchev–Trinajstić information content (AvgIpc) is 3.67. The summed E-state index contributed by atoms with van der Waals surface area (Å²) in [5.74, 6) is 3.94. The highest BCUT2D eigenvalue weighted by Crippen LogP contribution is 2.57. The van der Waals surface area contributed by atoms with Crippen molar-refractivity contribution >= 4 is 0 Å². The third-order valence-electron chi connectivity index (χ3n) is 15.7. The van der Waals surface area contributed by atoms with Crippen LogP contribution in [0.15, 0.2) is 279 Å². The summed E-state index contributed by atoms with van der Waals surface area (Å²) in [6, 6.07) is 98.6. The highest BCUT2D eigenvalue weighted by atomic mass is 15.0. The van der Waals surface area contributed by atoms with Crippen molar-refractivity contribution in [3.8, 4) is 113 Å². The predicted octanol–water partition coefficient (Wildman–Crippen LogP) is 17.7. The van der Waals surface area contributed by atoms with Gasteiger partial charge in [-0.3, -0.25) is 0 Å². The molecular weight excluding hydrogens is 973 g/mol. The second-order valence-electron chi connectivity index (χ2n) is 20.6. The van der Waals surface area contributed by atoms with E-state index in [4.69, 9.17) is 29.9 Å². The minimum atomic E-state index is 0.0799. The third-order valence-corrected chi connectivity index (χ3v) is 15.7. The second kappa shape index (κ2) is 19.8. The molecule has 2 heterocycles. The first kappa shape index (κ1) is 46.7. The monoisotopic (exact) mass is 1020 g/mol. The van der Waals surface area contributed by atoms with Crippen LogP contribution >= 0.6 is 0 Å². The molecule has 2 atom stereocenters. The van der Waals surface area contributed by atoms with Crippen molar-refractivity contribution in [2.24, 2.45) is 0 Å². The Morgan fingerprint density at radius 1 is 0.150 bits per heavy atom. The number of aromatic nitrogens is 6. The van der Waals surface area contributed by atoms with Crippen LogP contribution in [0.3, 0.4) is 0 Å². The molecule has 0 aliphatic heterocycles. The highest BCUT2D eigenvalue weighted by Gasteiger charge is 2.41. The van der Waals surface area contributed by atoms with Crippen LogP contribution < -0.4 is 0 Å². The van der Waals surface area contributed by atoms with Crippen LogP contribution in [0.2, 0.25) is 0 Å². The molecule has 16 rings (SSSR count). The van der Waals surface area contributed by atoms with E-state index in [1.807, 2.05) is 48.5 Å². The van der Waals surface area contributed by atoms with Crippen molar-refractivity contribution in [3.05, 3.63) is 312 Å². The fourth-order valence-corrected chi connectivity index (χ4v) is 11.9. The van der Waals surface area contributed by atoms with Crippen molar-refractivity contribution in [2.45, 2.75) is 11.8 Å². The van der Waals surface area contributed by atoms with Crippen LogP contribution in [0.1, 0.15) is 45.2 Å². The molecule has 2 bridgehead atoms. The molecule has 6 heteroatoms. The Hall–Kier alpha value is -10.6. The van der Waals surface area contributed by atoms with E-state index in [0.29, 0.717) is 34.9 Å². The summed E-state index contributed by atoms with van der Waals surface area (Å²) in [6.45, 7) is 0. The first-order valence-electron chi connectivity index (χ1n) is 27.1. The molecule has 2 unspecified atom stereocenters. The van der Waals surface area contributed by atoms with Crippen LogP contribution in [0, 0.1) is 0 Å². The zero-order chi connectivity index (χ0) is 52.9. The first-order valence-corrected chi connectivity index (χ1v) is 27.1. The molecule has 0 radical (unpaired) electrons. The Balaban J connectivity index is 0.777. The number of rotatable bonds is 10. The summed E-state index contributed by atoms with van der Waals surface area (Å²) in [5, 5.41) is 0. The Kier molecular flexibility index (Phi) is 11.6. The van der Waals surface area contributed by atoms with Gasteiger partial charge in [-0.15, -0.1) is 0 Å². The molecule has 0 N–H and O–H groups in total. The van der Waals surface area contributed by atoms with E-state index in [9.17, 15) is 0 Å². The van der Waals surface area contributed by atoms with Gasteiger partial charge in [-0.2, -0.15) is 0 Å². The summed E-state index contributed by atoms with van der Waals surface area (Å²) < 4.78 is 0. The molecule has 11 aromatic carbocycles. The van der Waals surface area contributed by atoms with Crippen LogP contribution in [-0.2, 0) is 0 Å². The van der Waals surface area contributed by atoms with Gasteiger partial charge in [0.25, 0.3) is 0 Å². The van der Waals surface area contributed by atoms with Crippen LogP contribution in [0.4, 0.5) is 0 Å². The predicted molar refractivity (Wildman–Crippen MR) is 322 cm³/mol. The van der Waals surface area contributed by atoms with E-state index in [0.717, 1.165) is 77.9 Å². The van der Waals surface area contributed by atoms with Crippen molar-refractivity contribution < 1.29 is 0 Å². The van der Waals surface area contributed by atoms with Crippen molar-refractivity contribution in [2.75, 3.05) is 0 Å². The average molecular weight is 1020 g/mol. The van der Waals surface area contributed by atoms with Crippen LogP contribution in [-0.4, -0.2) is 29.9 Å². The molecule has 0 fully saturated rings. The van der Waals surface area contributed by atoms with Gasteiger partial charge in [0.05, 0.1) is 0 Å². The maximum Gasteiger partial charge on any atom is 0.164 e. The van der Waals surface area contributed by atoms with Gasteiger partial charge in [-0.1, -0.05) is 243 Å². The normalized spacial score (nSPS) is 13.8. The first-order chi connectivity index (χ1) is 39.6. The minimum Gasteiger partial charge on any atom is -0.208 e. The van der Waals surface area contributed by atoms with Crippen LogP contribution in [0.25, 0.3) is 113 Å². The summed E-state index contributed by atoms with van der Waals surface area (Å²) in [6.07, 6.45) is 0. The topological polar surface area (TPSA) is 77.3 Å². The van der Waals surface area contributed by atoms with Gasteiger partial charge in [0.1, 0.15) is 0 Å². The molecule has 6 nitrogen and oxygen atoms in total. The SMILES string of the molecule is c1ccc(-c2cccc(-c3nc(-c4ccccc4)nc(-c4cccc(-c5ccc6c(c5)C5c7ccccc7C6c6cc(-c7cccc(-c8nc(-c9ccccc9)nc(-c9cccc(-c%10ccccc%10)c9)n8)c7)ccc65)c4)n3)c2)cc1. The van der Waals surface area contributed by atoms with Gasteiger partial charge >= 0.3 is 0 Å². The van der Waals surface area contributed by atoms with Gasteiger partial charge in [-0.05, 0) is 114 Å². The molecular formula is C74H48N6. The summed E-state index contributed by atoms with van der Waals surface area (Å²) >= 11 is 0. The van der Waals surface area contributed by atoms with E-state index >= 15 is 0 Å².